The van der Waals surface area contributed by atoms with Gasteiger partial charge in [-0.2, -0.15) is 5.10 Å². The van der Waals surface area contributed by atoms with Crippen LogP contribution in [0, 0.1) is 5.82 Å². The number of aromatic nitrogens is 2. The fourth-order valence-corrected chi connectivity index (χ4v) is 1.24. The molecule has 0 bridgehead atoms. The van der Waals surface area contributed by atoms with Crippen molar-refractivity contribution in [3.63, 3.8) is 0 Å². The summed E-state index contributed by atoms with van der Waals surface area (Å²) in [5.41, 5.74) is 1.69. The van der Waals surface area contributed by atoms with Crippen molar-refractivity contribution in [3.8, 4) is 0 Å². The minimum Gasteiger partial charge on any atom is -0.285 e. The molecule has 1 N–H and O–H groups in total. The van der Waals surface area contributed by atoms with Crippen LogP contribution in [0.15, 0.2) is 36.7 Å². The molecule has 0 aliphatic rings. The first-order valence-electron chi connectivity index (χ1n) is 4.07. The Labute approximate surface area is 75.4 Å². The van der Waals surface area contributed by atoms with Gasteiger partial charge >= 0.3 is 0 Å². The van der Waals surface area contributed by atoms with E-state index in [-0.39, 0.29) is 5.82 Å². The second-order valence-electron chi connectivity index (χ2n) is 2.87. The summed E-state index contributed by atoms with van der Waals surface area (Å²) in [6.07, 6.45) is 4.06. The molecule has 3 heteroatoms. The molecule has 0 unspecified atom stereocenters. The highest BCUT2D eigenvalue weighted by Gasteiger charge is 2.01. The van der Waals surface area contributed by atoms with Gasteiger partial charge in [0, 0.05) is 12.6 Å². The second-order valence-corrected chi connectivity index (χ2v) is 2.87. The molecule has 1 aromatic carbocycles. The van der Waals surface area contributed by atoms with Gasteiger partial charge in [-0.1, -0.05) is 18.2 Å². The van der Waals surface area contributed by atoms with Crippen molar-refractivity contribution < 1.29 is 4.39 Å². The van der Waals surface area contributed by atoms with Crippen LogP contribution in [0.1, 0.15) is 11.1 Å². The van der Waals surface area contributed by atoms with Crippen LogP contribution >= 0.6 is 0 Å². The van der Waals surface area contributed by atoms with Crippen LogP contribution in [-0.2, 0) is 6.42 Å². The van der Waals surface area contributed by atoms with E-state index in [0.717, 1.165) is 5.56 Å². The van der Waals surface area contributed by atoms with Crippen molar-refractivity contribution >= 4 is 0 Å². The Hall–Kier alpha value is -1.64. The molecule has 1 aromatic heterocycles. The molecule has 1 heterocycles. The summed E-state index contributed by atoms with van der Waals surface area (Å²) in [4.78, 5) is 0. The first-order chi connectivity index (χ1) is 6.36. The van der Waals surface area contributed by atoms with Crippen molar-refractivity contribution in [1.29, 1.82) is 0 Å². The highest BCUT2D eigenvalue weighted by molar-refractivity contribution is 5.23. The first-order valence-corrected chi connectivity index (χ1v) is 4.07. The van der Waals surface area contributed by atoms with E-state index < -0.39 is 0 Å². The molecule has 0 amide bonds. The highest BCUT2D eigenvalue weighted by Crippen LogP contribution is 2.11. The average Bonchev–Trinajstić information content (AvgIpc) is 2.61. The molecule has 2 nitrogen and oxygen atoms in total. The third-order valence-electron chi connectivity index (χ3n) is 1.91. The van der Waals surface area contributed by atoms with Crippen LogP contribution in [0.3, 0.4) is 0 Å². The highest BCUT2D eigenvalue weighted by atomic mass is 19.1. The Morgan fingerprint density at radius 3 is 2.85 bits per heavy atom. The number of nitrogens with one attached hydrogen (secondary N) is 1. The van der Waals surface area contributed by atoms with Crippen molar-refractivity contribution in [2.75, 3.05) is 0 Å². The SMILES string of the molecule is Fc1ccccc1Cc1cn[nH]c1. The van der Waals surface area contributed by atoms with E-state index in [1.165, 1.54) is 6.07 Å². The van der Waals surface area contributed by atoms with Gasteiger partial charge in [0.2, 0.25) is 0 Å². The molecule has 2 rings (SSSR count). The van der Waals surface area contributed by atoms with Crippen LogP contribution in [0.4, 0.5) is 4.39 Å². The standard InChI is InChI=1S/C10H9FN2/c11-10-4-2-1-3-9(10)5-8-6-12-13-7-8/h1-4,6-7H,5H2,(H,12,13). The Bertz CT molecular complexity index is 382. The van der Waals surface area contributed by atoms with Gasteiger partial charge in [-0.05, 0) is 17.2 Å². The van der Waals surface area contributed by atoms with E-state index in [0.29, 0.717) is 12.0 Å². The lowest BCUT2D eigenvalue weighted by Crippen LogP contribution is -1.89. The number of rotatable bonds is 2. The van der Waals surface area contributed by atoms with E-state index in [9.17, 15) is 4.39 Å². The number of H-pyrrole nitrogens is 1. The van der Waals surface area contributed by atoms with Crippen LogP contribution in [0.5, 0.6) is 0 Å². The lowest BCUT2D eigenvalue weighted by Gasteiger charge is -1.99. The molecule has 2 aromatic rings. The molecule has 0 spiro atoms. The van der Waals surface area contributed by atoms with Crippen LogP contribution in [0.2, 0.25) is 0 Å². The van der Waals surface area contributed by atoms with E-state index in [1.807, 2.05) is 6.07 Å². The predicted molar refractivity (Wildman–Crippen MR) is 47.8 cm³/mol. The van der Waals surface area contributed by atoms with Gasteiger partial charge < -0.3 is 0 Å². The van der Waals surface area contributed by atoms with Gasteiger partial charge in [0.1, 0.15) is 5.82 Å². The van der Waals surface area contributed by atoms with Crippen LogP contribution in [0.25, 0.3) is 0 Å². The van der Waals surface area contributed by atoms with Gasteiger partial charge in [0.05, 0.1) is 6.20 Å². The number of halogens is 1. The van der Waals surface area contributed by atoms with E-state index in [4.69, 9.17) is 0 Å². The summed E-state index contributed by atoms with van der Waals surface area (Å²) in [5, 5.41) is 6.50. The molecule has 0 saturated carbocycles. The fraction of sp³-hybridized carbons (Fsp3) is 0.100. The van der Waals surface area contributed by atoms with Crippen molar-refractivity contribution in [1.82, 2.24) is 10.2 Å². The number of nitrogens with zero attached hydrogens (tertiary/aromatic N) is 1. The second kappa shape index (κ2) is 3.39. The number of aromatic amines is 1. The van der Waals surface area contributed by atoms with E-state index in [1.54, 1.807) is 24.5 Å². The molecule has 13 heavy (non-hydrogen) atoms. The zero-order valence-corrected chi connectivity index (χ0v) is 7.00. The van der Waals surface area contributed by atoms with Crippen molar-refractivity contribution in [3.05, 3.63) is 53.6 Å². The predicted octanol–water partition coefficient (Wildman–Crippen LogP) is 2.14. The zero-order chi connectivity index (χ0) is 9.10. The summed E-state index contributed by atoms with van der Waals surface area (Å²) in [5.74, 6) is -0.163. The molecule has 0 aliphatic heterocycles. The van der Waals surface area contributed by atoms with Gasteiger partial charge in [0.15, 0.2) is 0 Å². The molecular formula is C10H9FN2. The summed E-state index contributed by atoms with van der Waals surface area (Å²) in [7, 11) is 0. The van der Waals surface area contributed by atoms with E-state index >= 15 is 0 Å². The molecule has 0 saturated heterocycles. The third kappa shape index (κ3) is 1.75. The topological polar surface area (TPSA) is 28.7 Å². The number of benzene rings is 1. The van der Waals surface area contributed by atoms with Gasteiger partial charge in [-0.3, -0.25) is 5.10 Å². The summed E-state index contributed by atoms with van der Waals surface area (Å²) in [6.45, 7) is 0. The molecule has 0 radical (unpaired) electrons. The number of hydrogen-bond donors (Lipinski definition) is 1. The lowest BCUT2D eigenvalue weighted by atomic mass is 10.1. The van der Waals surface area contributed by atoms with Crippen molar-refractivity contribution in [2.45, 2.75) is 6.42 Å². The Kier molecular flexibility index (Phi) is 2.08. The molecule has 0 aliphatic carbocycles. The maximum Gasteiger partial charge on any atom is 0.126 e. The van der Waals surface area contributed by atoms with Gasteiger partial charge in [-0.15, -0.1) is 0 Å². The zero-order valence-electron chi connectivity index (χ0n) is 7.00. The lowest BCUT2D eigenvalue weighted by molar-refractivity contribution is 0.614. The Morgan fingerprint density at radius 2 is 2.15 bits per heavy atom. The minimum atomic E-state index is -0.163. The summed E-state index contributed by atoms with van der Waals surface area (Å²) >= 11 is 0. The molecular weight excluding hydrogens is 167 g/mol. The minimum absolute atomic E-state index is 0.163. The van der Waals surface area contributed by atoms with Crippen LogP contribution < -0.4 is 0 Å². The van der Waals surface area contributed by atoms with Gasteiger partial charge in [0.25, 0.3) is 0 Å². The van der Waals surface area contributed by atoms with Gasteiger partial charge in [-0.25, -0.2) is 4.39 Å². The van der Waals surface area contributed by atoms with Crippen LogP contribution in [-0.4, -0.2) is 10.2 Å². The number of hydrogen-bond acceptors (Lipinski definition) is 1. The molecule has 66 valence electrons. The maximum absolute atomic E-state index is 13.2. The van der Waals surface area contributed by atoms with Crippen molar-refractivity contribution in [2.24, 2.45) is 0 Å². The fourth-order valence-electron chi connectivity index (χ4n) is 1.24. The Balaban J connectivity index is 2.24. The average molecular weight is 176 g/mol. The normalized spacial score (nSPS) is 10.2. The molecule has 0 atom stereocenters. The van der Waals surface area contributed by atoms with E-state index in [2.05, 4.69) is 10.2 Å². The largest absolute Gasteiger partial charge is 0.285 e. The quantitative estimate of drug-likeness (QED) is 0.746. The smallest absolute Gasteiger partial charge is 0.126 e. The first kappa shape index (κ1) is 7.98. The Morgan fingerprint density at radius 1 is 1.31 bits per heavy atom. The monoisotopic (exact) mass is 176 g/mol. The maximum atomic E-state index is 13.2. The third-order valence-corrected chi connectivity index (χ3v) is 1.91. The summed E-state index contributed by atoms with van der Waals surface area (Å²) < 4.78 is 13.2. The summed E-state index contributed by atoms with van der Waals surface area (Å²) in [6, 6.07) is 6.77. The molecule has 0 fully saturated rings.